The van der Waals surface area contributed by atoms with Crippen molar-refractivity contribution in [3.05, 3.63) is 29.3 Å². The standard InChI is InChI=1S/C16H19ClN2O4/c17-12-4-6-13(7-5-12)19-10-11(9-14(19)20)16(23)18-8-2-1-3-15(21)22/h4-7,11H,1-3,8-10H2,(H,18,23)(H,21,22). The minimum atomic E-state index is -0.837. The van der Waals surface area contributed by atoms with Crippen LogP contribution in [0.1, 0.15) is 25.7 Å². The van der Waals surface area contributed by atoms with Crippen LogP contribution in [0, 0.1) is 5.92 Å². The molecule has 2 amide bonds. The molecule has 124 valence electrons. The summed E-state index contributed by atoms with van der Waals surface area (Å²) in [5.41, 5.74) is 0.733. The fraction of sp³-hybridized carbons (Fsp3) is 0.438. The highest BCUT2D eigenvalue weighted by Crippen LogP contribution is 2.26. The highest BCUT2D eigenvalue weighted by molar-refractivity contribution is 6.30. The van der Waals surface area contributed by atoms with E-state index >= 15 is 0 Å². The van der Waals surface area contributed by atoms with Gasteiger partial charge >= 0.3 is 5.97 Å². The number of hydrogen-bond acceptors (Lipinski definition) is 3. The summed E-state index contributed by atoms with van der Waals surface area (Å²) >= 11 is 5.83. The first-order valence-corrected chi connectivity index (χ1v) is 7.90. The van der Waals surface area contributed by atoms with Crippen LogP contribution in [0.5, 0.6) is 0 Å². The number of aliphatic carboxylic acids is 1. The number of halogens is 1. The van der Waals surface area contributed by atoms with E-state index in [4.69, 9.17) is 16.7 Å². The van der Waals surface area contributed by atoms with Crippen molar-refractivity contribution < 1.29 is 19.5 Å². The summed E-state index contributed by atoms with van der Waals surface area (Å²) in [5, 5.41) is 11.9. The fourth-order valence-electron chi connectivity index (χ4n) is 2.51. The van der Waals surface area contributed by atoms with Gasteiger partial charge in [-0.2, -0.15) is 0 Å². The van der Waals surface area contributed by atoms with Crippen LogP contribution < -0.4 is 10.2 Å². The van der Waals surface area contributed by atoms with Crippen LogP contribution in [-0.2, 0) is 14.4 Å². The van der Waals surface area contributed by atoms with Gasteiger partial charge in [-0.05, 0) is 37.1 Å². The van der Waals surface area contributed by atoms with E-state index in [0.29, 0.717) is 31.0 Å². The number of carbonyl (C=O) groups excluding carboxylic acids is 2. The van der Waals surface area contributed by atoms with Gasteiger partial charge in [0.05, 0.1) is 5.92 Å². The van der Waals surface area contributed by atoms with Crippen molar-refractivity contribution in [2.24, 2.45) is 5.92 Å². The molecule has 1 heterocycles. The van der Waals surface area contributed by atoms with Crippen molar-refractivity contribution in [2.45, 2.75) is 25.7 Å². The minimum absolute atomic E-state index is 0.0849. The van der Waals surface area contributed by atoms with E-state index < -0.39 is 5.97 Å². The third kappa shape index (κ3) is 4.96. The second-order valence-corrected chi connectivity index (χ2v) is 5.96. The maximum Gasteiger partial charge on any atom is 0.303 e. The van der Waals surface area contributed by atoms with Crippen LogP contribution in [0.2, 0.25) is 5.02 Å². The zero-order valence-corrected chi connectivity index (χ0v) is 13.4. The van der Waals surface area contributed by atoms with Crippen molar-refractivity contribution in [1.82, 2.24) is 5.32 Å². The predicted molar refractivity (Wildman–Crippen MR) is 86.4 cm³/mol. The summed E-state index contributed by atoms with van der Waals surface area (Å²) in [6.07, 6.45) is 1.42. The third-order valence-electron chi connectivity index (χ3n) is 3.75. The molecule has 0 spiro atoms. The number of rotatable bonds is 7. The number of anilines is 1. The van der Waals surface area contributed by atoms with Gasteiger partial charge in [-0.15, -0.1) is 0 Å². The van der Waals surface area contributed by atoms with Gasteiger partial charge in [0.15, 0.2) is 0 Å². The molecule has 0 bridgehead atoms. The molecular formula is C16H19ClN2O4. The maximum atomic E-state index is 12.1. The molecule has 1 aliphatic heterocycles. The van der Waals surface area contributed by atoms with Crippen LogP contribution >= 0.6 is 11.6 Å². The van der Waals surface area contributed by atoms with Crippen molar-refractivity contribution in [1.29, 1.82) is 0 Å². The number of carboxylic acids is 1. The van der Waals surface area contributed by atoms with Crippen LogP contribution in [0.25, 0.3) is 0 Å². The van der Waals surface area contributed by atoms with Gasteiger partial charge in [0.2, 0.25) is 11.8 Å². The molecule has 6 nitrogen and oxygen atoms in total. The molecule has 2 N–H and O–H groups in total. The molecule has 1 fully saturated rings. The summed E-state index contributed by atoms with van der Waals surface area (Å²) in [6, 6.07) is 6.93. The highest BCUT2D eigenvalue weighted by Gasteiger charge is 2.34. The molecular weight excluding hydrogens is 320 g/mol. The number of carboxylic acid groups (broad SMARTS) is 1. The Labute approximate surface area is 139 Å². The first-order valence-electron chi connectivity index (χ1n) is 7.53. The SMILES string of the molecule is O=C(O)CCCCNC(=O)C1CC(=O)N(c2ccc(Cl)cc2)C1. The molecule has 0 aliphatic carbocycles. The Bertz CT molecular complexity index is 588. The molecule has 2 rings (SSSR count). The first-order chi connectivity index (χ1) is 11.0. The minimum Gasteiger partial charge on any atom is -0.481 e. The van der Waals surface area contributed by atoms with Crippen molar-refractivity contribution in [3.8, 4) is 0 Å². The van der Waals surface area contributed by atoms with E-state index in [1.807, 2.05) is 0 Å². The summed E-state index contributed by atoms with van der Waals surface area (Å²) in [4.78, 5) is 36.1. The van der Waals surface area contributed by atoms with E-state index in [2.05, 4.69) is 5.32 Å². The van der Waals surface area contributed by atoms with Gasteiger partial charge in [-0.1, -0.05) is 11.6 Å². The third-order valence-corrected chi connectivity index (χ3v) is 4.00. The zero-order valence-electron chi connectivity index (χ0n) is 12.6. The van der Waals surface area contributed by atoms with E-state index in [0.717, 1.165) is 5.69 Å². The Kier molecular flexibility index (Phi) is 5.98. The predicted octanol–water partition coefficient (Wildman–Crippen LogP) is 2.06. The summed E-state index contributed by atoms with van der Waals surface area (Å²) in [6.45, 7) is 0.777. The molecule has 1 aliphatic rings. The molecule has 1 aromatic carbocycles. The molecule has 0 saturated carbocycles. The number of nitrogens with one attached hydrogen (secondary N) is 1. The Morgan fingerprint density at radius 3 is 2.61 bits per heavy atom. The van der Waals surface area contributed by atoms with E-state index in [-0.39, 0.29) is 30.6 Å². The van der Waals surface area contributed by atoms with Crippen LogP contribution in [-0.4, -0.2) is 36.0 Å². The normalized spacial score (nSPS) is 17.3. The van der Waals surface area contributed by atoms with Crippen LogP contribution in [0.4, 0.5) is 5.69 Å². The van der Waals surface area contributed by atoms with Crippen molar-refractivity contribution >= 4 is 35.1 Å². The van der Waals surface area contributed by atoms with Gasteiger partial charge in [0.1, 0.15) is 0 Å². The van der Waals surface area contributed by atoms with Gasteiger partial charge in [0.25, 0.3) is 0 Å². The number of amides is 2. The smallest absolute Gasteiger partial charge is 0.303 e. The lowest BCUT2D eigenvalue weighted by Crippen LogP contribution is -2.33. The molecule has 7 heteroatoms. The Balaban J connectivity index is 1.81. The van der Waals surface area contributed by atoms with E-state index in [1.54, 1.807) is 29.2 Å². The van der Waals surface area contributed by atoms with Crippen LogP contribution in [0.15, 0.2) is 24.3 Å². The highest BCUT2D eigenvalue weighted by atomic mass is 35.5. The lowest BCUT2D eigenvalue weighted by atomic mass is 10.1. The number of benzene rings is 1. The zero-order chi connectivity index (χ0) is 16.8. The van der Waals surface area contributed by atoms with Crippen LogP contribution in [0.3, 0.4) is 0 Å². The van der Waals surface area contributed by atoms with Gasteiger partial charge in [-0.25, -0.2) is 0 Å². The second-order valence-electron chi connectivity index (χ2n) is 5.52. The monoisotopic (exact) mass is 338 g/mol. The Hall–Kier alpha value is -2.08. The molecule has 1 saturated heterocycles. The molecule has 1 unspecified atom stereocenters. The average molecular weight is 339 g/mol. The molecule has 0 aromatic heterocycles. The first kappa shape index (κ1) is 17.3. The summed E-state index contributed by atoms with van der Waals surface area (Å²) < 4.78 is 0. The number of carbonyl (C=O) groups is 3. The summed E-state index contributed by atoms with van der Waals surface area (Å²) in [7, 11) is 0. The van der Waals surface area contributed by atoms with E-state index in [1.165, 1.54) is 0 Å². The second kappa shape index (κ2) is 7.97. The quantitative estimate of drug-likeness (QED) is 0.745. The largest absolute Gasteiger partial charge is 0.481 e. The average Bonchev–Trinajstić information content (AvgIpc) is 2.89. The van der Waals surface area contributed by atoms with Gasteiger partial charge in [0, 0.05) is 36.6 Å². The molecule has 1 aromatic rings. The molecule has 23 heavy (non-hydrogen) atoms. The lowest BCUT2D eigenvalue weighted by molar-refractivity contribution is -0.137. The molecule has 1 atom stereocenters. The summed E-state index contributed by atoms with van der Waals surface area (Å²) in [5.74, 6) is -1.46. The van der Waals surface area contributed by atoms with Gasteiger partial charge in [-0.3, -0.25) is 14.4 Å². The fourth-order valence-corrected chi connectivity index (χ4v) is 2.64. The lowest BCUT2D eigenvalue weighted by Gasteiger charge is -2.16. The Morgan fingerprint density at radius 2 is 1.96 bits per heavy atom. The van der Waals surface area contributed by atoms with Crippen molar-refractivity contribution in [2.75, 3.05) is 18.0 Å². The Morgan fingerprint density at radius 1 is 1.26 bits per heavy atom. The number of hydrogen-bond donors (Lipinski definition) is 2. The number of nitrogens with zero attached hydrogens (tertiary/aromatic N) is 1. The molecule has 0 radical (unpaired) electrons. The number of unbranched alkanes of at least 4 members (excludes halogenated alkanes) is 1. The van der Waals surface area contributed by atoms with Gasteiger partial charge < -0.3 is 15.3 Å². The van der Waals surface area contributed by atoms with Crippen molar-refractivity contribution in [3.63, 3.8) is 0 Å². The van der Waals surface area contributed by atoms with E-state index in [9.17, 15) is 14.4 Å². The topological polar surface area (TPSA) is 86.7 Å². The maximum absolute atomic E-state index is 12.1.